The summed E-state index contributed by atoms with van der Waals surface area (Å²) in [7, 11) is 0. The average molecular weight is 722 g/mol. The lowest BCUT2D eigenvalue weighted by Gasteiger charge is -2.26. The molecule has 7 aromatic carbocycles. The lowest BCUT2D eigenvalue weighted by Crippen LogP contribution is -2.14. The van der Waals surface area contributed by atoms with Gasteiger partial charge in [0.2, 0.25) is 0 Å². The van der Waals surface area contributed by atoms with E-state index in [1.807, 2.05) is 61.7 Å². The van der Waals surface area contributed by atoms with Crippen LogP contribution < -0.4 is 9.80 Å². The van der Waals surface area contributed by atoms with Crippen molar-refractivity contribution in [2.75, 3.05) is 9.80 Å². The molecule has 0 atom stereocenters. The molecule has 0 aliphatic rings. The highest BCUT2D eigenvalue weighted by Crippen LogP contribution is 2.42. The number of benzene rings is 7. The fourth-order valence-electron chi connectivity index (χ4n) is 7.44. The van der Waals surface area contributed by atoms with Crippen molar-refractivity contribution in [3.63, 3.8) is 0 Å². The van der Waals surface area contributed by atoms with Gasteiger partial charge in [-0.1, -0.05) is 104 Å². The summed E-state index contributed by atoms with van der Waals surface area (Å²) >= 11 is 0. The number of rotatable bonds is 10. The summed E-state index contributed by atoms with van der Waals surface area (Å²) in [4.78, 5) is 14.1. The molecule has 2 aromatic heterocycles. The predicted molar refractivity (Wildman–Crippen MR) is 236 cm³/mol. The van der Waals surface area contributed by atoms with Crippen LogP contribution in [0.1, 0.15) is 6.92 Å². The maximum absolute atomic E-state index is 4.91. The van der Waals surface area contributed by atoms with Gasteiger partial charge in [-0.05, 0) is 110 Å². The van der Waals surface area contributed by atoms with Crippen molar-refractivity contribution in [3.05, 3.63) is 219 Å². The van der Waals surface area contributed by atoms with Crippen LogP contribution >= 0.6 is 0 Å². The molecule has 0 bridgehead atoms. The molecular weight excluding hydrogens is 683 g/mol. The normalized spacial score (nSPS) is 11.6. The van der Waals surface area contributed by atoms with Gasteiger partial charge in [0.05, 0.1) is 34.0 Å². The van der Waals surface area contributed by atoms with Crippen molar-refractivity contribution in [2.24, 2.45) is 0 Å². The van der Waals surface area contributed by atoms with Gasteiger partial charge in [-0.2, -0.15) is 0 Å². The van der Waals surface area contributed by atoms with Gasteiger partial charge in [-0.3, -0.25) is 4.98 Å². The van der Waals surface area contributed by atoms with E-state index >= 15 is 0 Å². The van der Waals surface area contributed by atoms with E-state index in [0.717, 1.165) is 83.9 Å². The Labute approximate surface area is 327 Å². The molecule has 0 saturated heterocycles. The molecule has 0 radical (unpaired) electrons. The zero-order chi connectivity index (χ0) is 37.8. The molecule has 0 aliphatic heterocycles. The monoisotopic (exact) mass is 721 g/mol. The van der Waals surface area contributed by atoms with Crippen molar-refractivity contribution in [3.8, 4) is 16.9 Å². The number of allylic oxidation sites excluding steroid dienone is 4. The Morgan fingerprint density at radius 3 is 1.73 bits per heavy atom. The van der Waals surface area contributed by atoms with Gasteiger partial charge in [0.15, 0.2) is 0 Å². The van der Waals surface area contributed by atoms with Crippen LogP contribution in [0.5, 0.6) is 0 Å². The van der Waals surface area contributed by atoms with Crippen LogP contribution in [0.25, 0.3) is 49.8 Å². The maximum atomic E-state index is 4.91. The molecule has 9 aromatic rings. The highest BCUT2D eigenvalue weighted by Gasteiger charge is 2.20. The summed E-state index contributed by atoms with van der Waals surface area (Å²) in [5.41, 5.74) is 13.1. The summed E-state index contributed by atoms with van der Waals surface area (Å²) in [6, 6.07) is 61.7. The quantitative estimate of drug-likeness (QED) is 0.132. The number of para-hydroxylation sites is 5. The van der Waals surface area contributed by atoms with E-state index in [9.17, 15) is 0 Å². The molecule has 0 fully saturated rings. The SMILES string of the molecule is C=C(/C=C\C=C/C)N(c1ccccc1)c1ccc2c(c1)c1cc(N(c3ccccc3)c3ccccc3)ccc1n2-c1ccc(-c2cnc3ccccc3n2)cc1. The molecular formula is C51H39N5. The van der Waals surface area contributed by atoms with Crippen LogP contribution in [0, 0.1) is 0 Å². The largest absolute Gasteiger partial charge is 0.311 e. The van der Waals surface area contributed by atoms with Crippen LogP contribution in [0.4, 0.5) is 28.4 Å². The second-order valence-corrected chi connectivity index (χ2v) is 13.6. The third kappa shape index (κ3) is 6.52. The zero-order valence-electron chi connectivity index (χ0n) is 31.1. The van der Waals surface area contributed by atoms with Crippen LogP contribution in [-0.4, -0.2) is 14.5 Å². The Bertz CT molecular complexity index is 2830. The second kappa shape index (κ2) is 15.1. The van der Waals surface area contributed by atoms with Crippen LogP contribution in [-0.2, 0) is 0 Å². The molecule has 5 nitrogen and oxygen atoms in total. The molecule has 0 aliphatic carbocycles. The van der Waals surface area contributed by atoms with E-state index in [4.69, 9.17) is 4.98 Å². The fourth-order valence-corrected chi connectivity index (χ4v) is 7.44. The van der Waals surface area contributed by atoms with Crippen LogP contribution in [0.15, 0.2) is 219 Å². The number of hydrogen-bond acceptors (Lipinski definition) is 4. The molecule has 9 rings (SSSR count). The van der Waals surface area contributed by atoms with Crippen LogP contribution in [0.3, 0.4) is 0 Å². The van der Waals surface area contributed by atoms with Gasteiger partial charge in [0.1, 0.15) is 0 Å². The molecule has 0 saturated carbocycles. The van der Waals surface area contributed by atoms with E-state index < -0.39 is 0 Å². The van der Waals surface area contributed by atoms with E-state index in [1.165, 1.54) is 0 Å². The smallest absolute Gasteiger partial charge is 0.0894 e. The van der Waals surface area contributed by atoms with Gasteiger partial charge < -0.3 is 14.4 Å². The Hall–Kier alpha value is -7.50. The summed E-state index contributed by atoms with van der Waals surface area (Å²) in [5.74, 6) is 0. The van der Waals surface area contributed by atoms with Crippen molar-refractivity contribution in [1.82, 2.24) is 14.5 Å². The van der Waals surface area contributed by atoms with Gasteiger partial charge in [0.25, 0.3) is 0 Å². The maximum Gasteiger partial charge on any atom is 0.0894 e. The number of fused-ring (bicyclic) bond motifs is 4. The zero-order valence-corrected chi connectivity index (χ0v) is 31.1. The topological polar surface area (TPSA) is 37.2 Å². The van der Waals surface area contributed by atoms with E-state index in [0.29, 0.717) is 0 Å². The Balaban J connectivity index is 1.24. The van der Waals surface area contributed by atoms with Gasteiger partial charge >= 0.3 is 0 Å². The average Bonchev–Trinajstić information content (AvgIpc) is 3.58. The number of anilines is 5. The third-order valence-corrected chi connectivity index (χ3v) is 10.0. The highest BCUT2D eigenvalue weighted by atomic mass is 15.2. The Morgan fingerprint density at radius 1 is 0.554 bits per heavy atom. The minimum atomic E-state index is 0.846. The van der Waals surface area contributed by atoms with Crippen molar-refractivity contribution >= 4 is 61.3 Å². The summed E-state index contributed by atoms with van der Waals surface area (Å²) in [6.45, 7) is 6.53. The molecule has 0 spiro atoms. The molecule has 0 unspecified atom stereocenters. The molecule has 0 amide bonds. The number of nitrogens with zero attached hydrogens (tertiary/aromatic N) is 5. The summed E-state index contributed by atoms with van der Waals surface area (Å²) in [6.07, 6.45) is 9.98. The highest BCUT2D eigenvalue weighted by molar-refractivity contribution is 6.12. The first kappa shape index (κ1) is 34.3. The number of aromatic nitrogens is 3. The standard InChI is InChI=1S/C51H39N5/c1-3-4-8-17-37(2)54(39-18-9-5-10-19-39)43-30-32-50-45(34-43)46-35-44(55(40-20-11-6-12-21-40)41-22-13-7-14-23-41)31-33-51(46)56(50)42-28-26-38(27-29-42)49-36-52-47-24-15-16-25-48(47)53-49/h3-36H,2H2,1H3/b4-3-,17-8-. The van der Waals surface area contributed by atoms with E-state index in [2.05, 4.69) is 178 Å². The first-order valence-electron chi connectivity index (χ1n) is 18.8. The van der Waals surface area contributed by atoms with E-state index in [-0.39, 0.29) is 0 Å². The van der Waals surface area contributed by atoms with Crippen molar-refractivity contribution in [2.45, 2.75) is 6.92 Å². The fraction of sp³-hybridized carbons (Fsp3) is 0.0196. The first-order valence-corrected chi connectivity index (χ1v) is 18.8. The van der Waals surface area contributed by atoms with Crippen molar-refractivity contribution in [1.29, 1.82) is 0 Å². The third-order valence-electron chi connectivity index (χ3n) is 10.0. The lowest BCUT2D eigenvalue weighted by atomic mass is 10.1. The van der Waals surface area contributed by atoms with Crippen LogP contribution in [0.2, 0.25) is 0 Å². The van der Waals surface area contributed by atoms with Gasteiger partial charge in [-0.25, -0.2) is 4.98 Å². The predicted octanol–water partition coefficient (Wildman–Crippen LogP) is 13.6. The summed E-state index contributed by atoms with van der Waals surface area (Å²) in [5, 5.41) is 2.28. The van der Waals surface area contributed by atoms with Gasteiger partial charge in [0, 0.05) is 56.2 Å². The minimum absolute atomic E-state index is 0.846. The number of hydrogen-bond donors (Lipinski definition) is 0. The molecule has 0 N–H and O–H groups in total. The Morgan fingerprint density at radius 2 is 1.11 bits per heavy atom. The molecule has 5 heteroatoms. The first-order chi connectivity index (χ1) is 27.7. The Kier molecular flexibility index (Phi) is 9.24. The summed E-state index contributed by atoms with van der Waals surface area (Å²) < 4.78 is 2.36. The lowest BCUT2D eigenvalue weighted by molar-refractivity contribution is 1.17. The molecule has 56 heavy (non-hydrogen) atoms. The van der Waals surface area contributed by atoms with Gasteiger partial charge in [-0.15, -0.1) is 0 Å². The molecule has 268 valence electrons. The van der Waals surface area contributed by atoms with E-state index in [1.54, 1.807) is 0 Å². The molecule has 2 heterocycles. The second-order valence-electron chi connectivity index (χ2n) is 13.6. The van der Waals surface area contributed by atoms with Crippen molar-refractivity contribution < 1.29 is 0 Å². The minimum Gasteiger partial charge on any atom is -0.311 e.